The molecule has 316 valence electrons. The molecule has 4 aliphatic heterocycles. The van der Waals surface area contributed by atoms with Gasteiger partial charge < -0.3 is 24.2 Å². The maximum atomic E-state index is 17.3. The largest absolute Gasteiger partial charge is 0.508 e. The number of terminal acetylenes is 1. The van der Waals surface area contributed by atoms with Gasteiger partial charge in [-0.05, 0) is 80.8 Å². The van der Waals surface area contributed by atoms with Crippen molar-refractivity contribution in [2.24, 2.45) is 25.8 Å². The number of fused-ring (bicyclic) bond motifs is 2. The van der Waals surface area contributed by atoms with E-state index in [9.17, 15) is 5.11 Å². The Kier molecular flexibility index (Phi) is 15.1. The van der Waals surface area contributed by atoms with E-state index in [1.807, 2.05) is 27.7 Å². The van der Waals surface area contributed by atoms with Crippen molar-refractivity contribution in [2.75, 3.05) is 52.8 Å². The molecule has 4 heterocycles. The number of allylic oxidation sites excluding steroid dienone is 2. The van der Waals surface area contributed by atoms with E-state index >= 15 is 8.78 Å². The zero-order valence-electron chi connectivity index (χ0n) is 36.1. The molecule has 0 amide bonds. The lowest BCUT2D eigenvalue weighted by atomic mass is 9.74. The lowest BCUT2D eigenvalue weighted by Gasteiger charge is -2.49. The van der Waals surface area contributed by atoms with Gasteiger partial charge in [0, 0.05) is 47.8 Å². The molecular formula is C47H65F2N5O4. The molecule has 58 heavy (non-hydrogen) atoms. The number of nitrogens with zero attached hydrogens (tertiary/aromatic N) is 5. The summed E-state index contributed by atoms with van der Waals surface area (Å²) >= 11 is 0. The Morgan fingerprint density at radius 1 is 1.16 bits per heavy atom. The molecule has 1 saturated carbocycles. The minimum absolute atomic E-state index is 0.00873. The molecule has 4 fully saturated rings. The van der Waals surface area contributed by atoms with Crippen LogP contribution in [0.3, 0.4) is 0 Å². The Labute approximate surface area is 345 Å². The zero-order chi connectivity index (χ0) is 42.3. The molecule has 9 nitrogen and oxygen atoms in total. The Bertz CT molecular complexity index is 1960. The van der Waals surface area contributed by atoms with Gasteiger partial charge in [-0.25, -0.2) is 13.8 Å². The minimum Gasteiger partial charge on any atom is -0.508 e. The van der Waals surface area contributed by atoms with Gasteiger partial charge in [-0.1, -0.05) is 73.8 Å². The molecule has 1 aliphatic carbocycles. The maximum Gasteiger partial charge on any atom is 0.175 e. The summed E-state index contributed by atoms with van der Waals surface area (Å²) < 4.78 is 50.5. The van der Waals surface area contributed by atoms with E-state index in [0.717, 1.165) is 58.1 Å². The molecule has 5 aliphatic rings. The lowest BCUT2D eigenvalue weighted by molar-refractivity contribution is -0.184. The van der Waals surface area contributed by atoms with Crippen LogP contribution in [0.4, 0.5) is 8.78 Å². The molecule has 1 N–H and O–H groups in total. The molecule has 3 atom stereocenters. The monoisotopic (exact) mass is 802 g/mol. The molecule has 2 aromatic carbocycles. The summed E-state index contributed by atoms with van der Waals surface area (Å²) in [6.07, 6.45) is 14.6. The third kappa shape index (κ3) is 9.26. The lowest BCUT2D eigenvalue weighted by Crippen LogP contribution is -2.56. The number of hydrogen-bond donors (Lipinski definition) is 1. The highest BCUT2D eigenvalue weighted by Gasteiger charge is 2.54. The fourth-order valence-electron chi connectivity index (χ4n) is 9.49. The van der Waals surface area contributed by atoms with Crippen molar-refractivity contribution in [3.63, 3.8) is 0 Å². The Balaban J connectivity index is 0.00000155. The average molecular weight is 802 g/mol. The number of likely N-dealkylation sites (tertiary alicyclic amines) is 1. The van der Waals surface area contributed by atoms with Gasteiger partial charge in [0.1, 0.15) is 41.1 Å². The number of phenols is 1. The van der Waals surface area contributed by atoms with Crippen LogP contribution in [-0.4, -0.2) is 104 Å². The Morgan fingerprint density at radius 2 is 1.90 bits per heavy atom. The molecule has 7 rings (SSSR count). The van der Waals surface area contributed by atoms with Crippen molar-refractivity contribution in [1.29, 1.82) is 0 Å². The fraction of sp³-hybridized carbons (Fsp3) is 0.596. The van der Waals surface area contributed by atoms with Gasteiger partial charge in [0.2, 0.25) is 0 Å². The van der Waals surface area contributed by atoms with E-state index in [2.05, 4.69) is 60.1 Å². The first-order chi connectivity index (χ1) is 27.9. The van der Waals surface area contributed by atoms with Crippen molar-refractivity contribution >= 4 is 35.1 Å². The first kappa shape index (κ1) is 45.1. The summed E-state index contributed by atoms with van der Waals surface area (Å²) in [7, 11) is 0. The number of aromatic hydroxyl groups is 1. The highest BCUT2D eigenvalue weighted by atomic mass is 19.1. The molecule has 2 aromatic rings. The molecule has 0 aromatic heterocycles. The van der Waals surface area contributed by atoms with Gasteiger partial charge in [0.15, 0.2) is 5.83 Å². The summed E-state index contributed by atoms with van der Waals surface area (Å²) in [4.78, 5) is 18.6. The smallest absolute Gasteiger partial charge is 0.175 e. The van der Waals surface area contributed by atoms with Gasteiger partial charge >= 0.3 is 0 Å². The predicted molar refractivity (Wildman–Crippen MR) is 233 cm³/mol. The van der Waals surface area contributed by atoms with Gasteiger partial charge in [-0.2, -0.15) is 0 Å². The SMILES string of the molecule is C#Cc1c(F)ccc2cc(O)cc(C3=C(F)C(=N/COCC45CCCC4N(C4COC6(COC6)C4)CCC5)/C(=C(\N=C)N(CCC)CC(C)(C)C)C=N3)c12.CC.CC. The van der Waals surface area contributed by atoms with Crippen LogP contribution in [0.1, 0.15) is 111 Å². The second-order valence-corrected chi connectivity index (χ2v) is 16.9. The van der Waals surface area contributed by atoms with E-state index in [4.69, 9.17) is 25.6 Å². The highest BCUT2D eigenvalue weighted by molar-refractivity contribution is 6.29. The van der Waals surface area contributed by atoms with Gasteiger partial charge in [-0.15, -0.1) is 6.42 Å². The van der Waals surface area contributed by atoms with Gasteiger partial charge in [0.25, 0.3) is 0 Å². The van der Waals surface area contributed by atoms with E-state index < -0.39 is 11.6 Å². The standard InChI is InChI=1S/C43H53F2N5O4.2C2H6/c1-7-16-49(23-41(3,4)5)40(46-6)33-21-47-38(32-19-30(51)18-28-12-13-34(44)31(8-2)36(28)32)37(45)39(33)48-27-53-24-42-14-9-11-35(42)50(17-10-15-42)29-20-43(54-22-29)25-52-26-43;2*1-2/h2,12-13,18-19,21,29,35,51H,6-7,9-11,14-17,20,22-27H2,1,3-5H3;2*1-2H3/b40-33+,48-39+;;. The maximum absolute atomic E-state index is 17.3. The number of halogens is 2. The molecule has 0 bridgehead atoms. The molecule has 1 spiro atoms. The van der Waals surface area contributed by atoms with Crippen LogP contribution in [0.25, 0.3) is 16.5 Å². The number of hydrogen-bond acceptors (Lipinski definition) is 9. The van der Waals surface area contributed by atoms with Crippen molar-refractivity contribution < 1.29 is 28.1 Å². The first-order valence-electron chi connectivity index (χ1n) is 21.3. The van der Waals surface area contributed by atoms with Crippen LogP contribution >= 0.6 is 0 Å². The summed E-state index contributed by atoms with van der Waals surface area (Å²) in [6.45, 7) is 25.3. The number of piperidine rings is 1. The number of ether oxygens (including phenoxy) is 3. The molecule has 3 saturated heterocycles. The van der Waals surface area contributed by atoms with Crippen molar-refractivity contribution in [3.8, 4) is 18.1 Å². The van der Waals surface area contributed by atoms with Crippen LogP contribution < -0.4 is 0 Å². The Morgan fingerprint density at radius 3 is 2.53 bits per heavy atom. The van der Waals surface area contributed by atoms with E-state index in [1.54, 1.807) is 0 Å². The second-order valence-electron chi connectivity index (χ2n) is 16.9. The average Bonchev–Trinajstić information content (AvgIpc) is 3.85. The van der Waals surface area contributed by atoms with Crippen molar-refractivity contribution in [1.82, 2.24) is 9.80 Å². The number of benzene rings is 2. The molecule has 11 heteroatoms. The minimum atomic E-state index is -0.750. The zero-order valence-corrected chi connectivity index (χ0v) is 36.1. The summed E-state index contributed by atoms with van der Waals surface area (Å²) in [5.74, 6) is 1.37. The Hall–Kier alpha value is -3.95. The second kappa shape index (κ2) is 19.4. The van der Waals surface area contributed by atoms with Crippen LogP contribution in [0.2, 0.25) is 0 Å². The normalized spacial score (nSPS) is 25.4. The quantitative estimate of drug-likeness (QED) is 0.138. The van der Waals surface area contributed by atoms with Crippen molar-refractivity contribution in [2.45, 2.75) is 118 Å². The van der Waals surface area contributed by atoms with E-state index in [1.165, 1.54) is 30.5 Å². The van der Waals surface area contributed by atoms with E-state index in [0.29, 0.717) is 61.8 Å². The summed E-state index contributed by atoms with van der Waals surface area (Å²) in [5.41, 5.74) is 0.162. The molecule has 0 radical (unpaired) electrons. The molecule has 3 unspecified atom stereocenters. The fourth-order valence-corrected chi connectivity index (χ4v) is 9.49. The van der Waals surface area contributed by atoms with Crippen LogP contribution in [-0.2, 0) is 14.2 Å². The molecular weight excluding hydrogens is 737 g/mol. The third-order valence-electron chi connectivity index (χ3n) is 11.7. The van der Waals surface area contributed by atoms with Gasteiger partial charge in [0.05, 0.1) is 37.6 Å². The van der Waals surface area contributed by atoms with Crippen LogP contribution in [0.15, 0.2) is 56.5 Å². The van der Waals surface area contributed by atoms with Gasteiger partial charge in [-0.3, -0.25) is 14.9 Å². The number of rotatable bonds is 11. The van der Waals surface area contributed by atoms with Crippen LogP contribution in [0, 0.1) is 29.0 Å². The highest BCUT2D eigenvalue weighted by Crippen LogP contribution is 2.50. The summed E-state index contributed by atoms with van der Waals surface area (Å²) in [5, 5.41) is 11.4. The van der Waals surface area contributed by atoms with Crippen molar-refractivity contribution in [3.05, 3.63) is 58.4 Å². The first-order valence-corrected chi connectivity index (χ1v) is 21.3. The predicted octanol–water partition coefficient (Wildman–Crippen LogP) is 9.72. The number of aliphatic imine (C=N–C) groups is 3. The topological polar surface area (TPSA) is 91.5 Å². The number of phenolic OH excluding ortho intramolecular Hbond substituents is 1. The van der Waals surface area contributed by atoms with E-state index in [-0.39, 0.29) is 56.8 Å². The third-order valence-corrected chi connectivity index (χ3v) is 11.7. The summed E-state index contributed by atoms with van der Waals surface area (Å²) in [6, 6.07) is 6.34. The van der Waals surface area contributed by atoms with Crippen LogP contribution in [0.5, 0.6) is 5.75 Å².